The number of pyridine rings is 10. The fourth-order valence-corrected chi connectivity index (χ4v) is 10.8. The number of rotatable bonds is 9. The summed E-state index contributed by atoms with van der Waals surface area (Å²) in [4.78, 5) is 67.8. The molecule has 1 saturated heterocycles. The van der Waals surface area contributed by atoms with E-state index >= 15 is 0 Å². The van der Waals surface area contributed by atoms with Crippen LogP contribution >= 0.6 is 68.4 Å². The zero-order valence-electron chi connectivity index (χ0n) is 46.8. The number of aliphatic hydroxyl groups excluding tert-OH is 4. The Hall–Kier alpha value is -7.68. The Bertz CT molecular complexity index is 4620. The minimum Gasteiger partial charge on any atom is -0.423 e. The number of aliphatic hydroxyl groups is 4. The minimum absolute atomic E-state index is 0.0399. The van der Waals surface area contributed by atoms with Crippen LogP contribution in [0.25, 0.3) is 88.0 Å². The van der Waals surface area contributed by atoms with Gasteiger partial charge in [-0.1, -0.05) is 29.3 Å². The molecule has 456 valence electrons. The summed E-state index contributed by atoms with van der Waals surface area (Å²) in [6, 6.07) is 24.0. The number of nitrogens with one attached hydrogen (secondary N) is 1. The van der Waals surface area contributed by atoms with E-state index in [0.29, 0.717) is 60.5 Å². The number of hydrogen-bond donors (Lipinski definition) is 7. The highest BCUT2D eigenvalue weighted by atomic mass is 127. The number of ether oxygens (including phenoxy) is 1. The lowest BCUT2D eigenvalue weighted by atomic mass is 9.78. The van der Waals surface area contributed by atoms with Crippen molar-refractivity contribution in [2.45, 2.75) is 25.9 Å². The molecule has 0 radical (unpaired) electrons. The molecule has 0 aliphatic carbocycles. The first kappa shape index (κ1) is 67.3. The molecule has 2 aromatic carbocycles. The topological polar surface area (TPSA) is 298 Å². The largest absolute Gasteiger partial charge is 0.489 e. The van der Waals surface area contributed by atoms with Gasteiger partial charge in [0.15, 0.2) is 11.3 Å². The molecule has 0 unspecified atom stereocenters. The Kier molecular flexibility index (Phi) is 24.7. The fourth-order valence-electron chi connectivity index (χ4n) is 9.01. The van der Waals surface area contributed by atoms with Crippen molar-refractivity contribution in [3.8, 4) is 33.6 Å². The molecule has 11 heterocycles. The lowest BCUT2D eigenvalue weighted by Crippen LogP contribution is -2.31. The van der Waals surface area contributed by atoms with Crippen LogP contribution in [0.15, 0.2) is 174 Å². The van der Waals surface area contributed by atoms with Crippen LogP contribution in [0.2, 0.25) is 10.0 Å². The van der Waals surface area contributed by atoms with E-state index in [9.17, 15) is 38.3 Å². The molecule has 1 fully saturated rings. The number of hydrogen-bond acceptors (Lipinski definition) is 17. The van der Waals surface area contributed by atoms with E-state index in [1.54, 1.807) is 86.1 Å². The maximum absolute atomic E-state index is 14.7. The Morgan fingerprint density at radius 2 is 1.03 bits per heavy atom. The van der Waals surface area contributed by atoms with Crippen LogP contribution in [0.5, 0.6) is 0 Å². The van der Waals surface area contributed by atoms with E-state index in [1.807, 2.05) is 18.2 Å². The summed E-state index contributed by atoms with van der Waals surface area (Å²) in [6.45, 7) is 1.97. The Morgan fingerprint density at radius 1 is 0.539 bits per heavy atom. The molecular weight excluding hydrogens is 1420 g/mol. The van der Waals surface area contributed by atoms with Crippen molar-refractivity contribution in [3.63, 3.8) is 0 Å². The van der Waals surface area contributed by atoms with Crippen molar-refractivity contribution in [2.75, 3.05) is 39.6 Å². The molecule has 0 saturated carbocycles. The van der Waals surface area contributed by atoms with Gasteiger partial charge >= 0.3 is 7.12 Å². The van der Waals surface area contributed by atoms with Crippen LogP contribution in [0.3, 0.4) is 0 Å². The van der Waals surface area contributed by atoms with Crippen LogP contribution in [0.1, 0.15) is 12.8 Å². The van der Waals surface area contributed by atoms with Crippen LogP contribution in [-0.2, 0) is 17.8 Å². The second-order valence-electron chi connectivity index (χ2n) is 19.0. The third-order valence-corrected chi connectivity index (χ3v) is 15.4. The average molecular weight is 1470 g/mol. The molecule has 0 amide bonds. The van der Waals surface area contributed by atoms with E-state index in [2.05, 4.69) is 85.1 Å². The van der Waals surface area contributed by atoms with Crippen LogP contribution in [0, 0.1) is 18.8 Å². The minimum atomic E-state index is -1.71. The third kappa shape index (κ3) is 17.0. The zero-order valence-corrected chi connectivity index (χ0v) is 52.6. The van der Waals surface area contributed by atoms with Crippen LogP contribution in [-0.4, -0.2) is 126 Å². The van der Waals surface area contributed by atoms with Gasteiger partial charge in [-0.25, -0.2) is 28.7 Å². The van der Waals surface area contributed by atoms with Gasteiger partial charge < -0.3 is 49.3 Å². The van der Waals surface area contributed by atoms with Gasteiger partial charge in [0.2, 0.25) is 0 Å². The normalized spacial score (nSPS) is 11.6. The third-order valence-electron chi connectivity index (χ3n) is 13.2. The van der Waals surface area contributed by atoms with E-state index in [4.69, 9.17) is 43.3 Å². The highest BCUT2D eigenvalue weighted by Gasteiger charge is 2.21. The van der Waals surface area contributed by atoms with E-state index in [-0.39, 0.29) is 71.9 Å². The van der Waals surface area contributed by atoms with E-state index in [0.717, 1.165) is 47.6 Å². The van der Waals surface area contributed by atoms with E-state index in [1.165, 1.54) is 76.8 Å². The highest BCUT2D eigenvalue weighted by molar-refractivity contribution is 14.1. The number of H-pyrrole nitrogens is 1. The summed E-state index contributed by atoms with van der Waals surface area (Å²) >= 11 is 16.3. The summed E-state index contributed by atoms with van der Waals surface area (Å²) in [6.07, 6.45) is 20.5. The molecule has 0 atom stereocenters. The first-order chi connectivity index (χ1) is 43.1. The first-order valence-electron chi connectivity index (χ1n) is 27.1. The summed E-state index contributed by atoms with van der Waals surface area (Å²) < 4.78 is 38.5. The number of fused-ring (bicyclic) bond motifs is 5. The summed E-state index contributed by atoms with van der Waals surface area (Å²) in [5, 5.41) is 58.7. The Labute approximate surface area is 542 Å². The molecule has 7 N–H and O–H groups in total. The number of aromatic amines is 1. The van der Waals surface area contributed by atoms with Crippen molar-refractivity contribution in [1.29, 1.82) is 0 Å². The standard InChI is InChI=1S/C24H16ClFN4O2.C14H9BClFN2O2.C10H9IN2O2.C8H5IN2O.C4H8O.C2H6O2/c25-14-3-4-21(26)18(10-14)22-11-17(16-2-1-6-28-23(16)29-22)20-13-30(8-9-31)24(32)19-12-27-7-5-15(19)20;16-8-3-4-12(17)10(6-8)13-7-11(15(20)21)9-2-1-5-18-14(9)19-13;11-9-6-13(3-4-14)10(15)8-5-12-2-1-7(8)9;9-7-4-11-8(12)6-3-10-2-1-5(6)7;1-2-4-5-3-1;3-1-2-4/h1-7,10-13,31H,8-9H2;1-7,20-21H;1-2,5-6,14H,3-4H2;1-4H,(H,11,12);1-4H2;3-4H,1-2H2. The van der Waals surface area contributed by atoms with Gasteiger partial charge in [0.1, 0.15) is 11.6 Å². The zero-order chi connectivity index (χ0) is 63.6. The van der Waals surface area contributed by atoms with E-state index < -0.39 is 18.8 Å². The maximum atomic E-state index is 14.7. The molecule has 27 heteroatoms. The lowest BCUT2D eigenvalue weighted by molar-refractivity contribution is 0.186. The Morgan fingerprint density at radius 3 is 1.55 bits per heavy atom. The number of aromatic nitrogens is 10. The number of halogens is 6. The molecule has 10 aromatic heterocycles. The summed E-state index contributed by atoms with van der Waals surface area (Å²) in [7, 11) is -1.71. The van der Waals surface area contributed by atoms with Gasteiger partial charge in [-0.3, -0.25) is 29.3 Å². The van der Waals surface area contributed by atoms with Crippen molar-refractivity contribution in [2.24, 2.45) is 0 Å². The number of benzene rings is 2. The summed E-state index contributed by atoms with van der Waals surface area (Å²) in [5.74, 6) is -0.956. The van der Waals surface area contributed by atoms with Gasteiger partial charge in [0.25, 0.3) is 16.7 Å². The lowest BCUT2D eigenvalue weighted by Gasteiger charge is -2.15. The van der Waals surface area contributed by atoms with Crippen molar-refractivity contribution >= 4 is 135 Å². The maximum Gasteiger partial charge on any atom is 0.489 e. The average Bonchev–Trinajstić information content (AvgIpc) is 1.31. The summed E-state index contributed by atoms with van der Waals surface area (Å²) in [5.41, 5.74) is 2.99. The molecule has 12 aromatic rings. The van der Waals surface area contributed by atoms with Gasteiger partial charge in [-0.15, -0.1) is 0 Å². The molecule has 89 heavy (non-hydrogen) atoms. The van der Waals surface area contributed by atoms with Crippen LogP contribution < -0.4 is 22.1 Å². The SMILES string of the molecule is C1CCOC1.O=c1[nH]cc(I)c2ccncc12.O=c1c2cnccc2c(-c2cc(-c3cc(Cl)ccc3F)nc3ncccc23)cn1CCO.O=c1c2cnccc2c(I)cn1CCO.OB(O)c1cc(-c2cc(Cl)ccc2F)nc2ncccc12.OCCO. The number of nitrogens with zero attached hydrogens (tertiary/aromatic N) is 9. The van der Waals surface area contributed by atoms with Gasteiger partial charge in [-0.05, 0) is 159 Å². The monoisotopic (exact) mass is 1470 g/mol. The quantitative estimate of drug-likeness (QED) is 0.0526. The molecule has 20 nitrogen and oxygen atoms in total. The molecule has 1 aliphatic rings. The van der Waals surface area contributed by atoms with Gasteiger partial charge in [-0.2, -0.15) is 0 Å². The van der Waals surface area contributed by atoms with Gasteiger partial charge in [0, 0.05) is 150 Å². The highest BCUT2D eigenvalue weighted by Crippen LogP contribution is 2.36. The predicted octanol–water partition coefficient (Wildman–Crippen LogP) is 8.52. The molecule has 0 bridgehead atoms. The first-order valence-corrected chi connectivity index (χ1v) is 30.0. The second kappa shape index (κ2) is 32.7. The van der Waals surface area contributed by atoms with Crippen LogP contribution in [0.4, 0.5) is 8.78 Å². The smallest absolute Gasteiger partial charge is 0.423 e. The fraction of sp³-hybridized carbons (Fsp3) is 0.161. The molecule has 0 spiro atoms. The predicted molar refractivity (Wildman–Crippen MR) is 357 cm³/mol. The molecule has 1 aliphatic heterocycles. The van der Waals surface area contributed by atoms with Crippen molar-refractivity contribution in [1.82, 2.24) is 49.0 Å². The second-order valence-corrected chi connectivity index (χ2v) is 22.2. The molecular formula is C62H53BCl2F2I2N10O10. The van der Waals surface area contributed by atoms with Crippen molar-refractivity contribution in [3.05, 3.63) is 219 Å². The Balaban J connectivity index is 0.000000155. The molecule has 13 rings (SSSR count). The van der Waals surface area contributed by atoms with Gasteiger partial charge in [0.05, 0.1) is 54.0 Å². The van der Waals surface area contributed by atoms with Crippen molar-refractivity contribution < 1.29 is 44.0 Å².